The van der Waals surface area contributed by atoms with Crippen molar-refractivity contribution in [1.29, 1.82) is 5.41 Å². The summed E-state index contributed by atoms with van der Waals surface area (Å²) in [5.41, 5.74) is 6.45. The van der Waals surface area contributed by atoms with Crippen molar-refractivity contribution in [3.8, 4) is 0 Å². The van der Waals surface area contributed by atoms with E-state index in [1.807, 2.05) is 12.1 Å². The molecule has 0 radical (unpaired) electrons. The van der Waals surface area contributed by atoms with Gasteiger partial charge in [0.2, 0.25) is 0 Å². The predicted molar refractivity (Wildman–Crippen MR) is 62.8 cm³/mol. The Kier molecular flexibility index (Phi) is 4.01. The third-order valence-electron chi connectivity index (χ3n) is 1.67. The zero-order chi connectivity index (χ0) is 9.68. The Balaban J connectivity index is 2.45. The monoisotopic (exact) mass is 289 g/mol. The van der Waals surface area contributed by atoms with Crippen LogP contribution in [0.5, 0.6) is 0 Å². The summed E-state index contributed by atoms with van der Waals surface area (Å²) in [6.07, 6.45) is 0.901. The number of rotatable bonds is 3. The lowest BCUT2D eigenvalue weighted by Gasteiger charge is -2.05. The number of halogens is 1. The summed E-state index contributed by atoms with van der Waals surface area (Å²) in [5, 5.41) is 9.76. The third kappa shape index (κ3) is 3.63. The van der Waals surface area contributed by atoms with E-state index >= 15 is 0 Å². The average Bonchev–Trinajstić information content (AvgIpc) is 2.08. The molecule has 0 unspecified atom stereocenters. The van der Waals surface area contributed by atoms with E-state index < -0.39 is 0 Å². The van der Waals surface area contributed by atoms with Crippen LogP contribution in [0.3, 0.4) is 0 Å². The second kappa shape index (κ2) is 5.06. The lowest BCUT2D eigenvalue weighted by atomic mass is 10.1. The van der Waals surface area contributed by atoms with Gasteiger partial charge in [-0.2, -0.15) is 0 Å². The topological polar surface area (TPSA) is 61.9 Å². The first-order chi connectivity index (χ1) is 6.20. The molecule has 0 saturated carbocycles. The van der Waals surface area contributed by atoms with Crippen LogP contribution in [0.2, 0.25) is 0 Å². The van der Waals surface area contributed by atoms with Crippen LogP contribution in [-0.2, 0) is 6.42 Å². The standard InChI is InChI=1S/C9H12IN3/c10-8-4-2-1-3-7(8)5-6-13-9(11)12/h1-4H,5-6H2,(H4,11,12,13). The minimum atomic E-state index is 0.0333. The Bertz CT molecular complexity index is 299. The fourth-order valence-electron chi connectivity index (χ4n) is 1.03. The molecule has 13 heavy (non-hydrogen) atoms. The smallest absolute Gasteiger partial charge is 0.185 e. The Morgan fingerprint density at radius 2 is 2.15 bits per heavy atom. The first-order valence-corrected chi connectivity index (χ1v) is 5.09. The number of hydrogen-bond acceptors (Lipinski definition) is 1. The minimum absolute atomic E-state index is 0.0333. The van der Waals surface area contributed by atoms with Crippen LogP contribution in [0.15, 0.2) is 24.3 Å². The number of nitrogens with two attached hydrogens (primary N) is 1. The van der Waals surface area contributed by atoms with E-state index in [4.69, 9.17) is 11.1 Å². The Hall–Kier alpha value is -0.780. The van der Waals surface area contributed by atoms with Gasteiger partial charge in [0, 0.05) is 10.1 Å². The summed E-state index contributed by atoms with van der Waals surface area (Å²) < 4.78 is 1.26. The molecule has 1 rings (SSSR count). The Labute approximate surface area is 91.4 Å². The molecule has 1 aromatic rings. The molecule has 0 aliphatic carbocycles. The maximum Gasteiger partial charge on any atom is 0.185 e. The highest BCUT2D eigenvalue weighted by molar-refractivity contribution is 14.1. The first-order valence-electron chi connectivity index (χ1n) is 4.01. The van der Waals surface area contributed by atoms with Gasteiger partial charge in [0.15, 0.2) is 5.96 Å². The Morgan fingerprint density at radius 1 is 1.46 bits per heavy atom. The largest absolute Gasteiger partial charge is 0.370 e. The molecular formula is C9H12IN3. The zero-order valence-corrected chi connectivity index (χ0v) is 9.34. The average molecular weight is 289 g/mol. The summed E-state index contributed by atoms with van der Waals surface area (Å²) in [6.45, 7) is 0.718. The zero-order valence-electron chi connectivity index (χ0n) is 7.18. The molecule has 3 nitrogen and oxygen atoms in total. The quantitative estimate of drug-likeness (QED) is 0.446. The molecule has 0 fully saturated rings. The molecule has 0 heterocycles. The van der Waals surface area contributed by atoms with Gasteiger partial charge in [-0.05, 0) is 40.6 Å². The van der Waals surface area contributed by atoms with Gasteiger partial charge in [-0.15, -0.1) is 0 Å². The second-order valence-corrected chi connectivity index (χ2v) is 3.84. The molecule has 4 heteroatoms. The highest BCUT2D eigenvalue weighted by Gasteiger charge is 1.97. The van der Waals surface area contributed by atoms with Crippen molar-refractivity contribution in [3.63, 3.8) is 0 Å². The van der Waals surface area contributed by atoms with E-state index in [9.17, 15) is 0 Å². The van der Waals surface area contributed by atoms with Crippen molar-refractivity contribution in [2.75, 3.05) is 6.54 Å². The van der Waals surface area contributed by atoms with Crippen molar-refractivity contribution in [2.24, 2.45) is 5.73 Å². The molecule has 1 aromatic carbocycles. The van der Waals surface area contributed by atoms with E-state index in [2.05, 4.69) is 40.0 Å². The van der Waals surface area contributed by atoms with Crippen LogP contribution in [-0.4, -0.2) is 12.5 Å². The van der Waals surface area contributed by atoms with Gasteiger partial charge in [-0.1, -0.05) is 18.2 Å². The van der Waals surface area contributed by atoms with Gasteiger partial charge >= 0.3 is 0 Å². The van der Waals surface area contributed by atoms with Gasteiger partial charge < -0.3 is 11.1 Å². The van der Waals surface area contributed by atoms with Crippen molar-refractivity contribution in [3.05, 3.63) is 33.4 Å². The van der Waals surface area contributed by atoms with Crippen molar-refractivity contribution < 1.29 is 0 Å². The molecule has 0 amide bonds. The van der Waals surface area contributed by atoms with Gasteiger partial charge in [0.1, 0.15) is 0 Å². The van der Waals surface area contributed by atoms with Crippen LogP contribution in [0.1, 0.15) is 5.56 Å². The molecule has 0 saturated heterocycles. The van der Waals surface area contributed by atoms with Crippen LogP contribution in [0.4, 0.5) is 0 Å². The summed E-state index contributed by atoms with van der Waals surface area (Å²) in [7, 11) is 0. The lowest BCUT2D eigenvalue weighted by Crippen LogP contribution is -2.31. The van der Waals surface area contributed by atoms with Gasteiger partial charge in [-0.3, -0.25) is 5.41 Å². The second-order valence-electron chi connectivity index (χ2n) is 2.68. The van der Waals surface area contributed by atoms with E-state index in [-0.39, 0.29) is 5.96 Å². The highest BCUT2D eigenvalue weighted by Crippen LogP contribution is 2.11. The molecule has 0 aliphatic heterocycles. The normalized spacial score (nSPS) is 9.62. The van der Waals surface area contributed by atoms with Crippen LogP contribution in [0.25, 0.3) is 0 Å². The van der Waals surface area contributed by atoms with Crippen LogP contribution in [0, 0.1) is 8.98 Å². The fraction of sp³-hybridized carbons (Fsp3) is 0.222. The summed E-state index contributed by atoms with van der Waals surface area (Å²) in [5.74, 6) is 0.0333. The van der Waals surface area contributed by atoms with E-state index in [1.54, 1.807) is 0 Å². The fourth-order valence-corrected chi connectivity index (χ4v) is 1.69. The molecule has 0 bridgehead atoms. The van der Waals surface area contributed by atoms with E-state index in [1.165, 1.54) is 9.13 Å². The van der Waals surface area contributed by atoms with Gasteiger partial charge in [-0.25, -0.2) is 0 Å². The predicted octanol–water partition coefficient (Wildman–Crippen LogP) is 1.32. The maximum absolute atomic E-state index is 6.98. The third-order valence-corrected chi connectivity index (χ3v) is 2.72. The molecule has 0 atom stereocenters. The van der Waals surface area contributed by atoms with Crippen molar-refractivity contribution >= 4 is 28.6 Å². The van der Waals surface area contributed by atoms with Crippen LogP contribution < -0.4 is 11.1 Å². The molecule has 70 valence electrons. The van der Waals surface area contributed by atoms with Crippen LogP contribution >= 0.6 is 22.6 Å². The SMILES string of the molecule is N=C(N)NCCc1ccccc1I. The summed E-state index contributed by atoms with van der Waals surface area (Å²) in [4.78, 5) is 0. The van der Waals surface area contributed by atoms with E-state index in [0.29, 0.717) is 0 Å². The number of hydrogen-bond donors (Lipinski definition) is 3. The van der Waals surface area contributed by atoms with E-state index in [0.717, 1.165) is 13.0 Å². The van der Waals surface area contributed by atoms with Crippen molar-refractivity contribution in [1.82, 2.24) is 5.32 Å². The van der Waals surface area contributed by atoms with Crippen molar-refractivity contribution in [2.45, 2.75) is 6.42 Å². The highest BCUT2D eigenvalue weighted by atomic mass is 127. The molecule has 0 spiro atoms. The molecule has 0 aliphatic rings. The first kappa shape index (κ1) is 10.3. The summed E-state index contributed by atoms with van der Waals surface area (Å²) >= 11 is 2.30. The Morgan fingerprint density at radius 3 is 2.77 bits per heavy atom. The molecular weight excluding hydrogens is 277 g/mol. The number of benzene rings is 1. The number of nitrogens with one attached hydrogen (secondary N) is 2. The lowest BCUT2D eigenvalue weighted by molar-refractivity contribution is 0.851. The summed E-state index contributed by atoms with van der Waals surface area (Å²) in [6, 6.07) is 8.20. The van der Waals surface area contributed by atoms with Gasteiger partial charge in [0.25, 0.3) is 0 Å². The molecule has 4 N–H and O–H groups in total. The maximum atomic E-state index is 6.98. The molecule has 0 aromatic heterocycles. The van der Waals surface area contributed by atoms with Gasteiger partial charge in [0.05, 0.1) is 0 Å². The minimum Gasteiger partial charge on any atom is -0.370 e. The number of guanidine groups is 1.